The Balaban J connectivity index is 2.64. The van der Waals surface area contributed by atoms with Gasteiger partial charge in [0.2, 0.25) is 0 Å². The van der Waals surface area contributed by atoms with Crippen LogP contribution >= 0.6 is 11.6 Å². The van der Waals surface area contributed by atoms with Crippen LogP contribution in [0.3, 0.4) is 0 Å². The van der Waals surface area contributed by atoms with E-state index in [1.165, 1.54) is 0 Å². The maximum absolute atomic E-state index is 6.44. The van der Waals surface area contributed by atoms with Gasteiger partial charge in [-0.3, -0.25) is 0 Å². The number of methoxy groups -OCH3 is 3. The molecule has 1 aromatic carbocycles. The molecule has 0 atom stereocenters. The van der Waals surface area contributed by atoms with E-state index in [1.807, 2.05) is 0 Å². The molecule has 1 aromatic rings. The van der Waals surface area contributed by atoms with E-state index in [4.69, 9.17) is 31.5 Å². The first-order valence-corrected chi connectivity index (χ1v) is 6.20. The largest absolute Gasteiger partial charge is 0.496 e. The van der Waals surface area contributed by atoms with Crippen LogP contribution in [-0.4, -0.2) is 27.9 Å². The lowest BCUT2D eigenvalue weighted by Gasteiger charge is -2.21. The van der Waals surface area contributed by atoms with Crippen molar-refractivity contribution in [1.82, 2.24) is 0 Å². The fourth-order valence-electron chi connectivity index (χ4n) is 2.29. The van der Waals surface area contributed by atoms with Crippen molar-refractivity contribution in [2.75, 3.05) is 27.9 Å². The van der Waals surface area contributed by atoms with Crippen LogP contribution in [-0.2, 0) is 5.41 Å². The van der Waals surface area contributed by atoms with Crippen LogP contribution in [0.2, 0.25) is 5.02 Å². The first-order valence-electron chi connectivity index (χ1n) is 5.82. The number of hydrogen-bond acceptors (Lipinski definition) is 4. The summed E-state index contributed by atoms with van der Waals surface area (Å²) in [7, 11) is 4.76. The van der Waals surface area contributed by atoms with E-state index >= 15 is 0 Å². The molecule has 18 heavy (non-hydrogen) atoms. The zero-order valence-electron chi connectivity index (χ0n) is 10.9. The zero-order valence-corrected chi connectivity index (χ0v) is 11.6. The molecule has 1 aliphatic carbocycles. The minimum atomic E-state index is -0.0675. The summed E-state index contributed by atoms with van der Waals surface area (Å²) in [5.74, 6) is 1.81. The predicted octanol–water partition coefficient (Wildman–Crippen LogP) is 2.36. The second kappa shape index (κ2) is 4.86. The van der Waals surface area contributed by atoms with Crippen molar-refractivity contribution in [2.24, 2.45) is 5.73 Å². The van der Waals surface area contributed by atoms with Gasteiger partial charge in [-0.25, -0.2) is 0 Å². The van der Waals surface area contributed by atoms with Crippen LogP contribution < -0.4 is 19.9 Å². The summed E-state index contributed by atoms with van der Waals surface area (Å²) in [5.41, 5.74) is 6.74. The molecule has 0 aromatic heterocycles. The van der Waals surface area contributed by atoms with Crippen molar-refractivity contribution < 1.29 is 14.2 Å². The molecular formula is C13H18ClNO3. The third-order valence-electron chi connectivity index (χ3n) is 3.57. The highest BCUT2D eigenvalue weighted by molar-refractivity contribution is 6.33. The minimum absolute atomic E-state index is 0.0675. The van der Waals surface area contributed by atoms with E-state index < -0.39 is 0 Å². The van der Waals surface area contributed by atoms with Gasteiger partial charge < -0.3 is 19.9 Å². The number of benzene rings is 1. The van der Waals surface area contributed by atoms with E-state index in [9.17, 15) is 0 Å². The number of hydrogen-bond donors (Lipinski definition) is 1. The predicted molar refractivity (Wildman–Crippen MR) is 71.1 cm³/mol. The van der Waals surface area contributed by atoms with E-state index in [2.05, 4.69) is 0 Å². The van der Waals surface area contributed by atoms with Crippen LogP contribution in [0.25, 0.3) is 0 Å². The van der Waals surface area contributed by atoms with Crippen LogP contribution in [0.4, 0.5) is 0 Å². The lowest BCUT2D eigenvalue weighted by Crippen LogP contribution is -2.21. The number of ether oxygens (including phenoxy) is 3. The molecule has 1 aliphatic rings. The van der Waals surface area contributed by atoms with Gasteiger partial charge >= 0.3 is 0 Å². The summed E-state index contributed by atoms with van der Waals surface area (Å²) in [6, 6.07) is 1.80. The van der Waals surface area contributed by atoms with Crippen molar-refractivity contribution in [3.05, 3.63) is 16.7 Å². The Kier molecular flexibility index (Phi) is 3.59. The topological polar surface area (TPSA) is 53.7 Å². The highest BCUT2D eigenvalue weighted by Crippen LogP contribution is 2.56. The monoisotopic (exact) mass is 271 g/mol. The molecular weight excluding hydrogens is 254 g/mol. The number of rotatable bonds is 5. The van der Waals surface area contributed by atoms with Gasteiger partial charge in [-0.1, -0.05) is 11.6 Å². The molecule has 0 heterocycles. The fraction of sp³-hybridized carbons (Fsp3) is 0.538. The van der Waals surface area contributed by atoms with Crippen molar-refractivity contribution >= 4 is 11.6 Å². The molecule has 100 valence electrons. The van der Waals surface area contributed by atoms with Crippen LogP contribution in [0, 0.1) is 0 Å². The number of halogens is 1. The van der Waals surface area contributed by atoms with Crippen molar-refractivity contribution in [2.45, 2.75) is 18.3 Å². The minimum Gasteiger partial charge on any atom is -0.496 e. The first kappa shape index (κ1) is 13.3. The van der Waals surface area contributed by atoms with Gasteiger partial charge in [0.15, 0.2) is 11.5 Å². The van der Waals surface area contributed by atoms with Crippen LogP contribution in [0.15, 0.2) is 6.07 Å². The normalized spacial score (nSPS) is 16.3. The molecule has 0 spiro atoms. The summed E-state index contributed by atoms with van der Waals surface area (Å²) >= 11 is 6.44. The van der Waals surface area contributed by atoms with Gasteiger partial charge in [-0.15, -0.1) is 0 Å². The highest BCUT2D eigenvalue weighted by atomic mass is 35.5. The van der Waals surface area contributed by atoms with Crippen molar-refractivity contribution in [3.8, 4) is 17.2 Å². The third kappa shape index (κ3) is 1.89. The lowest BCUT2D eigenvalue weighted by molar-refractivity contribution is 0.346. The molecule has 1 saturated carbocycles. The summed E-state index contributed by atoms with van der Waals surface area (Å²) in [5, 5.41) is 0.539. The van der Waals surface area contributed by atoms with Gasteiger partial charge in [0, 0.05) is 23.6 Å². The van der Waals surface area contributed by atoms with E-state index in [0.717, 1.165) is 18.4 Å². The smallest absolute Gasteiger partial charge is 0.179 e. The Morgan fingerprint density at radius 3 is 2.17 bits per heavy atom. The molecule has 5 heteroatoms. The van der Waals surface area contributed by atoms with E-state index in [1.54, 1.807) is 27.4 Å². The fourth-order valence-corrected chi connectivity index (χ4v) is 2.75. The molecule has 0 saturated heterocycles. The average molecular weight is 272 g/mol. The molecule has 2 rings (SSSR count). The summed E-state index contributed by atoms with van der Waals surface area (Å²) in [6.07, 6.45) is 2.05. The Hall–Kier alpha value is -1.13. The van der Waals surface area contributed by atoms with Gasteiger partial charge in [0.25, 0.3) is 0 Å². The molecule has 4 nitrogen and oxygen atoms in total. The lowest BCUT2D eigenvalue weighted by atomic mass is 9.94. The number of nitrogens with two attached hydrogens (primary N) is 1. The van der Waals surface area contributed by atoms with E-state index in [0.29, 0.717) is 28.8 Å². The molecule has 0 unspecified atom stereocenters. The standard InChI is InChI=1S/C13H18ClNO3/c1-16-8-6-9(17-2)12(18-3)11(14)10(8)13(7-15)4-5-13/h6H,4-5,7,15H2,1-3H3. The SMILES string of the molecule is COc1cc(OC)c(C2(CN)CC2)c(Cl)c1OC. The summed E-state index contributed by atoms with van der Waals surface area (Å²) < 4.78 is 16.0. The second-order valence-corrected chi connectivity index (χ2v) is 4.87. The Labute approximate surface area is 112 Å². The second-order valence-electron chi connectivity index (χ2n) is 4.49. The summed E-state index contributed by atoms with van der Waals surface area (Å²) in [6.45, 7) is 0.554. The van der Waals surface area contributed by atoms with Crippen LogP contribution in [0.5, 0.6) is 17.2 Å². The molecule has 1 fully saturated rings. The molecule has 0 amide bonds. The Bertz CT molecular complexity index is 458. The highest BCUT2D eigenvalue weighted by Gasteiger charge is 2.47. The average Bonchev–Trinajstić information content (AvgIpc) is 3.18. The maximum atomic E-state index is 6.44. The van der Waals surface area contributed by atoms with Crippen LogP contribution in [0.1, 0.15) is 18.4 Å². The Morgan fingerprint density at radius 1 is 1.17 bits per heavy atom. The molecule has 0 radical (unpaired) electrons. The third-order valence-corrected chi connectivity index (χ3v) is 3.93. The molecule has 2 N–H and O–H groups in total. The first-order chi connectivity index (χ1) is 8.63. The Morgan fingerprint density at radius 2 is 1.78 bits per heavy atom. The van der Waals surface area contributed by atoms with Gasteiger partial charge in [0.1, 0.15) is 5.75 Å². The van der Waals surface area contributed by atoms with Crippen molar-refractivity contribution in [1.29, 1.82) is 0 Å². The quantitative estimate of drug-likeness (QED) is 0.893. The van der Waals surface area contributed by atoms with Gasteiger partial charge in [0.05, 0.1) is 26.4 Å². The molecule has 0 aliphatic heterocycles. The van der Waals surface area contributed by atoms with Crippen molar-refractivity contribution in [3.63, 3.8) is 0 Å². The van der Waals surface area contributed by atoms with Gasteiger partial charge in [-0.05, 0) is 12.8 Å². The van der Waals surface area contributed by atoms with E-state index in [-0.39, 0.29) is 5.41 Å². The molecule has 0 bridgehead atoms. The zero-order chi connectivity index (χ0) is 13.3. The summed E-state index contributed by atoms with van der Waals surface area (Å²) in [4.78, 5) is 0. The maximum Gasteiger partial charge on any atom is 0.179 e. The van der Waals surface area contributed by atoms with Gasteiger partial charge in [-0.2, -0.15) is 0 Å².